The average Bonchev–Trinajstić information content (AvgIpc) is 3.19. The van der Waals surface area contributed by atoms with Gasteiger partial charge in [0.1, 0.15) is 5.75 Å². The molecule has 3 rings (SSSR count). The third-order valence-electron chi connectivity index (χ3n) is 4.42. The van der Waals surface area contributed by atoms with Crippen molar-refractivity contribution in [3.05, 3.63) is 46.7 Å². The maximum atomic E-state index is 12.7. The lowest BCUT2D eigenvalue weighted by atomic mass is 10.0. The van der Waals surface area contributed by atoms with Gasteiger partial charge in [0.05, 0.1) is 24.2 Å². The summed E-state index contributed by atoms with van der Waals surface area (Å²) in [5, 5.41) is 4.78. The van der Waals surface area contributed by atoms with E-state index in [9.17, 15) is 4.79 Å². The van der Waals surface area contributed by atoms with Crippen LogP contribution in [-0.4, -0.2) is 40.3 Å². The van der Waals surface area contributed by atoms with Crippen molar-refractivity contribution in [2.75, 3.05) is 19.7 Å². The third-order valence-corrected chi connectivity index (χ3v) is 4.71. The van der Waals surface area contributed by atoms with E-state index in [1.54, 1.807) is 10.7 Å². The summed E-state index contributed by atoms with van der Waals surface area (Å²) >= 11 is 6.20. The van der Waals surface area contributed by atoms with Gasteiger partial charge in [-0.25, -0.2) is 0 Å². The molecular formula is C18H22ClN3O2. The van der Waals surface area contributed by atoms with E-state index in [1.807, 2.05) is 43.4 Å². The first kappa shape index (κ1) is 16.8. The van der Waals surface area contributed by atoms with E-state index in [-0.39, 0.29) is 5.91 Å². The number of amides is 1. The van der Waals surface area contributed by atoms with Crippen molar-refractivity contribution in [2.24, 2.45) is 7.05 Å². The van der Waals surface area contributed by atoms with E-state index in [2.05, 4.69) is 5.10 Å². The zero-order valence-corrected chi connectivity index (χ0v) is 14.8. The van der Waals surface area contributed by atoms with Crippen molar-refractivity contribution in [2.45, 2.75) is 25.7 Å². The molecular weight excluding hydrogens is 326 g/mol. The highest BCUT2D eigenvalue weighted by Crippen LogP contribution is 2.31. The van der Waals surface area contributed by atoms with Crippen LogP contribution in [0.5, 0.6) is 5.75 Å². The van der Waals surface area contributed by atoms with Gasteiger partial charge in [-0.2, -0.15) is 5.10 Å². The Labute approximate surface area is 147 Å². The fourth-order valence-corrected chi connectivity index (χ4v) is 3.43. The Bertz CT molecular complexity index is 729. The second-order valence-corrected chi connectivity index (χ2v) is 6.52. The Balaban J connectivity index is 1.67. The smallest absolute Gasteiger partial charge is 0.227 e. The molecule has 0 radical (unpaired) electrons. The van der Waals surface area contributed by atoms with Crippen LogP contribution < -0.4 is 4.74 Å². The lowest BCUT2D eigenvalue weighted by Crippen LogP contribution is -2.30. The Morgan fingerprint density at radius 1 is 1.46 bits per heavy atom. The largest absolute Gasteiger partial charge is 0.492 e. The number of para-hydroxylation sites is 1. The van der Waals surface area contributed by atoms with Gasteiger partial charge in [0.15, 0.2) is 0 Å². The normalized spacial score (nSPS) is 17.3. The van der Waals surface area contributed by atoms with Crippen molar-refractivity contribution < 1.29 is 9.53 Å². The highest BCUT2D eigenvalue weighted by molar-refractivity contribution is 6.32. The van der Waals surface area contributed by atoms with Gasteiger partial charge in [-0.3, -0.25) is 9.48 Å². The van der Waals surface area contributed by atoms with Crippen molar-refractivity contribution in [3.63, 3.8) is 0 Å². The maximum absolute atomic E-state index is 12.7. The minimum absolute atomic E-state index is 0.115. The average molecular weight is 348 g/mol. The van der Waals surface area contributed by atoms with Crippen LogP contribution in [-0.2, 0) is 18.3 Å². The molecule has 1 aliphatic rings. The van der Waals surface area contributed by atoms with Gasteiger partial charge in [0.2, 0.25) is 5.91 Å². The molecule has 0 aliphatic carbocycles. The third kappa shape index (κ3) is 3.56. The van der Waals surface area contributed by atoms with Crippen LogP contribution in [0.2, 0.25) is 5.02 Å². The predicted molar refractivity (Wildman–Crippen MR) is 93.5 cm³/mol. The highest BCUT2D eigenvalue weighted by Gasteiger charge is 2.28. The molecule has 1 unspecified atom stereocenters. The van der Waals surface area contributed by atoms with Crippen molar-refractivity contribution in [1.82, 2.24) is 14.7 Å². The fraction of sp³-hybridized carbons (Fsp3) is 0.444. The highest BCUT2D eigenvalue weighted by atomic mass is 35.5. The molecule has 1 aromatic carbocycles. The number of rotatable bonds is 5. The second-order valence-electron chi connectivity index (χ2n) is 6.11. The fourth-order valence-electron chi connectivity index (χ4n) is 3.18. The molecule has 0 spiro atoms. The Morgan fingerprint density at radius 2 is 2.29 bits per heavy atom. The van der Waals surface area contributed by atoms with E-state index < -0.39 is 0 Å². The van der Waals surface area contributed by atoms with Crippen LogP contribution in [0.3, 0.4) is 0 Å². The molecule has 1 saturated heterocycles. The lowest BCUT2D eigenvalue weighted by molar-refractivity contribution is -0.129. The Morgan fingerprint density at radius 3 is 3.00 bits per heavy atom. The monoisotopic (exact) mass is 347 g/mol. The van der Waals surface area contributed by atoms with E-state index >= 15 is 0 Å². The summed E-state index contributed by atoms with van der Waals surface area (Å²) in [6, 6.07) is 5.55. The van der Waals surface area contributed by atoms with Gasteiger partial charge in [-0.15, -0.1) is 0 Å². The quantitative estimate of drug-likeness (QED) is 0.835. The molecule has 0 saturated carbocycles. The summed E-state index contributed by atoms with van der Waals surface area (Å²) in [5.74, 6) is 1.11. The molecule has 1 fully saturated rings. The first-order valence-electron chi connectivity index (χ1n) is 8.25. The number of halogens is 1. The molecule has 24 heavy (non-hydrogen) atoms. The maximum Gasteiger partial charge on any atom is 0.227 e. The molecule has 2 heterocycles. The minimum atomic E-state index is 0.115. The van der Waals surface area contributed by atoms with Crippen LogP contribution in [0.1, 0.15) is 30.4 Å². The van der Waals surface area contributed by atoms with Gasteiger partial charge < -0.3 is 9.64 Å². The number of nitrogens with zero attached hydrogens (tertiary/aromatic N) is 3. The molecule has 1 aliphatic heterocycles. The lowest BCUT2D eigenvalue weighted by Gasteiger charge is -2.18. The Hall–Kier alpha value is -2.01. The SMILES string of the molecule is CCOc1c(Cl)cccc1CC(=O)N1CCC(c2cnn(C)c2)C1. The summed E-state index contributed by atoms with van der Waals surface area (Å²) in [4.78, 5) is 14.6. The minimum Gasteiger partial charge on any atom is -0.492 e. The van der Waals surface area contributed by atoms with Gasteiger partial charge in [-0.1, -0.05) is 23.7 Å². The number of ether oxygens (including phenoxy) is 1. The van der Waals surface area contributed by atoms with Crippen LogP contribution in [0, 0.1) is 0 Å². The van der Waals surface area contributed by atoms with E-state index in [4.69, 9.17) is 16.3 Å². The molecule has 1 aromatic heterocycles. The standard InChI is InChI=1S/C18H22ClN3O2/c1-3-24-18-13(5-4-6-16(18)19)9-17(23)22-8-7-14(12-22)15-10-20-21(2)11-15/h4-6,10-11,14H,3,7-9,12H2,1-2H3. The summed E-state index contributed by atoms with van der Waals surface area (Å²) in [6.45, 7) is 3.96. The van der Waals surface area contributed by atoms with Gasteiger partial charge >= 0.3 is 0 Å². The zero-order valence-electron chi connectivity index (χ0n) is 14.0. The summed E-state index contributed by atoms with van der Waals surface area (Å²) < 4.78 is 7.42. The molecule has 0 bridgehead atoms. The van der Waals surface area contributed by atoms with Crippen molar-refractivity contribution in [1.29, 1.82) is 0 Å². The van der Waals surface area contributed by atoms with Gasteiger partial charge in [0.25, 0.3) is 0 Å². The van der Waals surface area contributed by atoms with Gasteiger partial charge in [-0.05, 0) is 25.0 Å². The summed E-state index contributed by atoms with van der Waals surface area (Å²) in [7, 11) is 1.91. The molecule has 1 atom stereocenters. The molecule has 1 amide bonds. The number of hydrogen-bond donors (Lipinski definition) is 0. The van der Waals surface area contributed by atoms with Crippen LogP contribution >= 0.6 is 11.6 Å². The zero-order chi connectivity index (χ0) is 17.1. The summed E-state index contributed by atoms with van der Waals surface area (Å²) in [6.07, 6.45) is 5.21. The van der Waals surface area contributed by atoms with Crippen molar-refractivity contribution >= 4 is 17.5 Å². The molecule has 0 N–H and O–H groups in total. The molecule has 5 nitrogen and oxygen atoms in total. The van der Waals surface area contributed by atoms with Crippen LogP contribution in [0.4, 0.5) is 0 Å². The number of carbonyl (C=O) groups is 1. The number of aryl methyl sites for hydroxylation is 1. The van der Waals surface area contributed by atoms with Gasteiger partial charge in [0, 0.05) is 37.8 Å². The van der Waals surface area contributed by atoms with Crippen LogP contribution in [0.25, 0.3) is 0 Å². The number of likely N-dealkylation sites (tertiary alicyclic amines) is 1. The Kier molecular flexibility index (Phi) is 5.09. The number of aromatic nitrogens is 2. The second kappa shape index (κ2) is 7.26. The number of benzene rings is 1. The molecule has 128 valence electrons. The van der Waals surface area contributed by atoms with Crippen molar-refractivity contribution in [3.8, 4) is 5.75 Å². The first-order valence-corrected chi connectivity index (χ1v) is 8.62. The van der Waals surface area contributed by atoms with E-state index in [0.717, 1.165) is 25.1 Å². The number of hydrogen-bond acceptors (Lipinski definition) is 3. The first-order chi connectivity index (χ1) is 11.6. The van der Waals surface area contributed by atoms with E-state index in [0.29, 0.717) is 29.7 Å². The molecule has 2 aromatic rings. The number of carbonyl (C=O) groups excluding carboxylic acids is 1. The molecule has 6 heteroatoms. The predicted octanol–water partition coefficient (Wildman–Crippen LogP) is 3.03. The van der Waals surface area contributed by atoms with Crippen LogP contribution in [0.15, 0.2) is 30.6 Å². The summed E-state index contributed by atoms with van der Waals surface area (Å²) in [5.41, 5.74) is 2.05. The van der Waals surface area contributed by atoms with E-state index in [1.165, 1.54) is 5.56 Å². The topological polar surface area (TPSA) is 47.4 Å².